The molecule has 0 bridgehead atoms. The molecule has 1 aliphatic rings. The van der Waals surface area contributed by atoms with E-state index in [1.165, 1.54) is 34.7 Å². The Morgan fingerprint density at radius 3 is 2.60 bits per heavy atom. The van der Waals surface area contributed by atoms with Crippen LogP contribution in [0.1, 0.15) is 32.4 Å². The van der Waals surface area contributed by atoms with Crippen molar-refractivity contribution < 1.29 is 24.2 Å². The van der Waals surface area contributed by atoms with Gasteiger partial charge in [0.05, 0.1) is 33.8 Å². The zero-order valence-electron chi connectivity index (χ0n) is 21.7. The van der Waals surface area contributed by atoms with E-state index in [-0.39, 0.29) is 5.57 Å². The van der Waals surface area contributed by atoms with Crippen LogP contribution < -0.4 is 14.4 Å². The van der Waals surface area contributed by atoms with Gasteiger partial charge in [-0.05, 0) is 59.3 Å². The maximum absolute atomic E-state index is 13.7. The number of anilines is 1. The number of aliphatic hydroxyl groups is 1. The Morgan fingerprint density at radius 2 is 1.85 bits per heavy atom. The van der Waals surface area contributed by atoms with Crippen LogP contribution >= 0.6 is 22.7 Å². The van der Waals surface area contributed by atoms with E-state index in [0.29, 0.717) is 33.7 Å². The summed E-state index contributed by atoms with van der Waals surface area (Å²) in [6, 6.07) is 23.4. The van der Waals surface area contributed by atoms with Gasteiger partial charge >= 0.3 is 0 Å². The number of aryl methyl sites for hydroxylation is 1. The molecule has 0 saturated carbocycles. The molecule has 40 heavy (non-hydrogen) atoms. The molecule has 0 aliphatic carbocycles. The molecule has 3 aromatic carbocycles. The number of aromatic nitrogens is 1. The molecular weight excluding hydrogens is 544 g/mol. The van der Waals surface area contributed by atoms with E-state index in [2.05, 4.69) is 0 Å². The summed E-state index contributed by atoms with van der Waals surface area (Å²) in [5.41, 5.74) is 3.39. The smallest absolute Gasteiger partial charge is 0.296 e. The molecule has 200 valence electrons. The average Bonchev–Trinajstić information content (AvgIpc) is 3.71. The number of benzene rings is 3. The van der Waals surface area contributed by atoms with Crippen LogP contribution in [0.25, 0.3) is 10.2 Å². The van der Waals surface area contributed by atoms with Gasteiger partial charge in [-0.25, -0.2) is 4.98 Å². The molecule has 6 rings (SSSR count). The number of thiophene rings is 1. The van der Waals surface area contributed by atoms with Crippen LogP contribution in [0.2, 0.25) is 0 Å². The SMILES string of the molecule is COc1cc(C2C(C(=O)c3cccs3)=C(O)C(=O)N2c2nc3ccc(C)cc3s2)ccc1OCc1ccccc1. The van der Waals surface area contributed by atoms with Gasteiger partial charge in [-0.15, -0.1) is 11.3 Å². The molecule has 0 fully saturated rings. The number of nitrogens with zero attached hydrogens (tertiary/aromatic N) is 2. The highest BCUT2D eigenvalue weighted by molar-refractivity contribution is 7.22. The maximum Gasteiger partial charge on any atom is 0.296 e. The fourth-order valence-electron chi connectivity index (χ4n) is 4.72. The topological polar surface area (TPSA) is 89.0 Å². The number of Topliss-reactive ketones (excluding diaryl/α,β-unsaturated/α-hetero) is 1. The minimum absolute atomic E-state index is 0.00268. The lowest BCUT2D eigenvalue weighted by molar-refractivity contribution is -0.117. The number of thiazole rings is 1. The number of ether oxygens (including phenoxy) is 2. The first-order valence-electron chi connectivity index (χ1n) is 12.5. The third kappa shape index (κ3) is 4.63. The summed E-state index contributed by atoms with van der Waals surface area (Å²) in [5, 5.41) is 13.3. The van der Waals surface area contributed by atoms with Gasteiger partial charge in [0.1, 0.15) is 6.61 Å². The zero-order chi connectivity index (χ0) is 27.8. The van der Waals surface area contributed by atoms with Crippen LogP contribution in [0, 0.1) is 6.92 Å². The average molecular weight is 569 g/mol. The minimum atomic E-state index is -0.916. The molecule has 1 aliphatic heterocycles. The van der Waals surface area contributed by atoms with Crippen LogP contribution in [0.4, 0.5) is 5.13 Å². The number of ketones is 1. The van der Waals surface area contributed by atoms with Gasteiger partial charge in [0.15, 0.2) is 22.4 Å². The van der Waals surface area contributed by atoms with Crippen molar-refractivity contribution in [2.75, 3.05) is 12.0 Å². The summed E-state index contributed by atoms with van der Waals surface area (Å²) >= 11 is 2.59. The van der Waals surface area contributed by atoms with Crippen LogP contribution in [0.3, 0.4) is 0 Å². The Morgan fingerprint density at radius 1 is 1.02 bits per heavy atom. The molecule has 7 nitrogen and oxygen atoms in total. The van der Waals surface area contributed by atoms with E-state index in [0.717, 1.165) is 21.3 Å². The number of rotatable bonds is 8. The second-order valence-electron chi connectivity index (χ2n) is 9.30. The quantitative estimate of drug-likeness (QED) is 0.202. The molecule has 3 heterocycles. The van der Waals surface area contributed by atoms with Crippen molar-refractivity contribution in [2.24, 2.45) is 0 Å². The van der Waals surface area contributed by atoms with E-state index in [1.807, 2.05) is 55.5 Å². The Balaban J connectivity index is 1.44. The number of hydrogen-bond donors (Lipinski definition) is 1. The van der Waals surface area contributed by atoms with Crippen molar-refractivity contribution >= 4 is 49.7 Å². The Bertz CT molecular complexity index is 1760. The molecule has 1 amide bonds. The summed E-state index contributed by atoms with van der Waals surface area (Å²) in [4.78, 5) is 33.8. The molecule has 5 aromatic rings. The minimum Gasteiger partial charge on any atom is -0.503 e. The van der Waals surface area contributed by atoms with Gasteiger partial charge in [0.25, 0.3) is 5.91 Å². The van der Waals surface area contributed by atoms with Crippen molar-refractivity contribution in [3.05, 3.63) is 117 Å². The first-order chi connectivity index (χ1) is 19.4. The third-order valence-corrected chi connectivity index (χ3v) is 8.56. The zero-order valence-corrected chi connectivity index (χ0v) is 23.3. The number of methoxy groups -OCH3 is 1. The predicted octanol–water partition coefficient (Wildman–Crippen LogP) is 7.04. The van der Waals surface area contributed by atoms with Gasteiger partial charge in [0.2, 0.25) is 5.78 Å². The molecule has 0 spiro atoms. The van der Waals surface area contributed by atoms with Crippen molar-refractivity contribution in [2.45, 2.75) is 19.6 Å². The number of aliphatic hydroxyl groups excluding tert-OH is 1. The lowest BCUT2D eigenvalue weighted by Gasteiger charge is -2.25. The Hall–Kier alpha value is -4.47. The largest absolute Gasteiger partial charge is 0.503 e. The normalized spacial score (nSPS) is 15.2. The summed E-state index contributed by atoms with van der Waals surface area (Å²) in [6.45, 7) is 2.33. The number of hydrogen-bond acceptors (Lipinski definition) is 8. The van der Waals surface area contributed by atoms with Crippen LogP contribution in [-0.2, 0) is 11.4 Å². The molecular formula is C31H24N2O5S2. The fraction of sp³-hybridized carbons (Fsp3) is 0.129. The highest BCUT2D eigenvalue weighted by Crippen LogP contribution is 2.46. The second-order valence-corrected chi connectivity index (χ2v) is 11.3. The highest BCUT2D eigenvalue weighted by atomic mass is 32.1. The van der Waals surface area contributed by atoms with Gasteiger partial charge in [0, 0.05) is 0 Å². The number of carbonyl (C=O) groups is 2. The third-order valence-electron chi connectivity index (χ3n) is 6.68. The van der Waals surface area contributed by atoms with Crippen LogP contribution in [-0.4, -0.2) is 28.9 Å². The van der Waals surface area contributed by atoms with E-state index >= 15 is 0 Å². The molecule has 1 N–H and O–H groups in total. The molecule has 0 saturated heterocycles. The lowest BCUT2D eigenvalue weighted by atomic mass is 9.95. The van der Waals surface area contributed by atoms with Crippen molar-refractivity contribution in [1.29, 1.82) is 0 Å². The molecule has 0 radical (unpaired) electrons. The van der Waals surface area contributed by atoms with E-state index in [9.17, 15) is 14.7 Å². The number of carbonyl (C=O) groups excluding carboxylic acids is 2. The number of amides is 1. The van der Waals surface area contributed by atoms with Gasteiger partial charge in [-0.3, -0.25) is 14.5 Å². The summed E-state index contributed by atoms with van der Waals surface area (Å²) in [7, 11) is 1.53. The molecule has 2 aromatic heterocycles. The van der Waals surface area contributed by atoms with Crippen LogP contribution in [0.15, 0.2) is 95.6 Å². The summed E-state index contributed by atoms with van der Waals surface area (Å²) < 4.78 is 12.6. The van der Waals surface area contributed by atoms with Gasteiger partial charge in [-0.2, -0.15) is 0 Å². The molecule has 9 heteroatoms. The summed E-state index contributed by atoms with van der Waals surface area (Å²) in [5.74, 6) is -0.712. The fourth-order valence-corrected chi connectivity index (χ4v) is 6.49. The molecule has 1 unspecified atom stereocenters. The van der Waals surface area contributed by atoms with Crippen molar-refractivity contribution in [1.82, 2.24) is 4.98 Å². The maximum atomic E-state index is 13.7. The van der Waals surface area contributed by atoms with E-state index in [1.54, 1.807) is 35.7 Å². The molecule has 1 atom stereocenters. The second kappa shape index (κ2) is 10.6. The van der Waals surface area contributed by atoms with Crippen LogP contribution in [0.5, 0.6) is 11.5 Å². The van der Waals surface area contributed by atoms with Crippen molar-refractivity contribution in [3.8, 4) is 11.5 Å². The monoisotopic (exact) mass is 568 g/mol. The van der Waals surface area contributed by atoms with E-state index in [4.69, 9.17) is 14.5 Å². The predicted molar refractivity (Wildman–Crippen MR) is 157 cm³/mol. The standard InChI is InChI=1S/C31H24N2O5S2/c1-18-10-12-21-25(15-18)40-31(32-21)33-27(26(29(35)30(33)36)28(34)24-9-6-14-39-24)20-11-13-22(23(16-20)37-2)38-17-19-7-4-3-5-8-19/h3-16,27,35H,17H2,1-2H3. The summed E-state index contributed by atoms with van der Waals surface area (Å²) in [6.07, 6.45) is 0. The first-order valence-corrected chi connectivity index (χ1v) is 14.2. The highest BCUT2D eigenvalue weighted by Gasteiger charge is 2.46. The van der Waals surface area contributed by atoms with Gasteiger partial charge in [-0.1, -0.05) is 59.9 Å². The van der Waals surface area contributed by atoms with Gasteiger partial charge < -0.3 is 14.6 Å². The van der Waals surface area contributed by atoms with Crippen molar-refractivity contribution in [3.63, 3.8) is 0 Å². The van der Waals surface area contributed by atoms with E-state index < -0.39 is 23.5 Å². The lowest BCUT2D eigenvalue weighted by Crippen LogP contribution is -2.31. The number of fused-ring (bicyclic) bond motifs is 1. The Labute approximate surface area is 238 Å². The first kappa shape index (κ1) is 25.8. The Kier molecular flexibility index (Phi) is 6.83.